The van der Waals surface area contributed by atoms with Crippen molar-refractivity contribution >= 4 is 0 Å². The Kier molecular flexibility index (Phi) is 1.88. The molecular formula is C9H7N3O. The number of aromatic hydroxyl groups is 1. The van der Waals surface area contributed by atoms with Crippen LogP contribution in [0.3, 0.4) is 0 Å². The van der Waals surface area contributed by atoms with Crippen LogP contribution in [0.4, 0.5) is 0 Å². The second kappa shape index (κ2) is 3.18. The van der Waals surface area contributed by atoms with Crippen LogP contribution in [0.25, 0.3) is 11.3 Å². The van der Waals surface area contributed by atoms with E-state index in [0.29, 0.717) is 5.69 Å². The van der Waals surface area contributed by atoms with Gasteiger partial charge in [0.05, 0.1) is 18.1 Å². The van der Waals surface area contributed by atoms with Gasteiger partial charge in [0, 0.05) is 24.2 Å². The van der Waals surface area contributed by atoms with Crippen molar-refractivity contribution in [2.75, 3.05) is 0 Å². The van der Waals surface area contributed by atoms with Crippen LogP contribution in [-0.4, -0.2) is 20.1 Å². The zero-order valence-corrected chi connectivity index (χ0v) is 6.75. The second-order valence-electron chi connectivity index (χ2n) is 2.52. The van der Waals surface area contributed by atoms with Crippen LogP contribution in [0.5, 0.6) is 5.75 Å². The zero-order valence-electron chi connectivity index (χ0n) is 6.75. The lowest BCUT2D eigenvalue weighted by Gasteiger charge is -1.98. The topological polar surface area (TPSA) is 58.9 Å². The Morgan fingerprint density at radius 1 is 1.00 bits per heavy atom. The van der Waals surface area contributed by atoms with Crippen molar-refractivity contribution in [2.24, 2.45) is 0 Å². The summed E-state index contributed by atoms with van der Waals surface area (Å²) in [6.07, 6.45) is 7.82. The molecule has 0 spiro atoms. The lowest BCUT2D eigenvalue weighted by molar-refractivity contribution is 0.473. The molecule has 0 aliphatic heterocycles. The molecule has 0 saturated carbocycles. The first-order valence-electron chi connectivity index (χ1n) is 3.76. The van der Waals surface area contributed by atoms with Gasteiger partial charge in [-0.3, -0.25) is 15.0 Å². The third-order valence-electron chi connectivity index (χ3n) is 1.58. The molecule has 0 aliphatic carbocycles. The Bertz CT molecular complexity index is 403. The molecule has 13 heavy (non-hydrogen) atoms. The van der Waals surface area contributed by atoms with Gasteiger partial charge in [0.1, 0.15) is 5.75 Å². The van der Waals surface area contributed by atoms with Gasteiger partial charge in [0.2, 0.25) is 0 Å². The summed E-state index contributed by atoms with van der Waals surface area (Å²) in [6, 6.07) is 1.59. The Morgan fingerprint density at radius 2 is 1.92 bits per heavy atom. The molecule has 2 heterocycles. The number of nitrogens with zero attached hydrogens (tertiary/aromatic N) is 3. The van der Waals surface area contributed by atoms with Crippen LogP contribution in [0, 0.1) is 0 Å². The average molecular weight is 173 g/mol. The Hall–Kier alpha value is -1.97. The molecule has 0 unspecified atom stereocenters. The molecule has 1 N–H and O–H groups in total. The van der Waals surface area contributed by atoms with Gasteiger partial charge in [-0.15, -0.1) is 0 Å². The molecular weight excluding hydrogens is 166 g/mol. The summed E-state index contributed by atoms with van der Waals surface area (Å²) in [4.78, 5) is 11.8. The van der Waals surface area contributed by atoms with E-state index in [2.05, 4.69) is 15.0 Å². The van der Waals surface area contributed by atoms with Gasteiger partial charge < -0.3 is 5.11 Å². The van der Waals surface area contributed by atoms with Crippen molar-refractivity contribution in [2.45, 2.75) is 0 Å². The van der Waals surface area contributed by atoms with E-state index in [1.807, 2.05) is 0 Å². The van der Waals surface area contributed by atoms with E-state index in [-0.39, 0.29) is 5.75 Å². The average Bonchev–Trinajstić information content (AvgIpc) is 2.19. The van der Waals surface area contributed by atoms with Crippen LogP contribution in [0.15, 0.2) is 37.1 Å². The maximum Gasteiger partial charge on any atom is 0.134 e. The maximum absolute atomic E-state index is 9.16. The fourth-order valence-corrected chi connectivity index (χ4v) is 1.02. The van der Waals surface area contributed by atoms with Crippen molar-refractivity contribution in [3.05, 3.63) is 37.1 Å². The molecule has 2 rings (SSSR count). The number of hydrogen-bond acceptors (Lipinski definition) is 4. The molecule has 0 aromatic carbocycles. The first kappa shape index (κ1) is 7.67. The minimum Gasteiger partial charge on any atom is -0.506 e. The third-order valence-corrected chi connectivity index (χ3v) is 1.58. The summed E-state index contributed by atoms with van der Waals surface area (Å²) in [6.45, 7) is 0. The maximum atomic E-state index is 9.16. The predicted octanol–water partition coefficient (Wildman–Crippen LogP) is 1.24. The van der Waals surface area contributed by atoms with Gasteiger partial charge in [0.25, 0.3) is 0 Å². The van der Waals surface area contributed by atoms with Crippen molar-refractivity contribution < 1.29 is 5.11 Å². The Morgan fingerprint density at radius 3 is 2.62 bits per heavy atom. The van der Waals surface area contributed by atoms with Crippen molar-refractivity contribution in [1.82, 2.24) is 15.0 Å². The van der Waals surface area contributed by atoms with Gasteiger partial charge in [-0.25, -0.2) is 0 Å². The van der Waals surface area contributed by atoms with Gasteiger partial charge in [0.15, 0.2) is 0 Å². The molecule has 0 radical (unpaired) electrons. The third kappa shape index (κ3) is 1.61. The smallest absolute Gasteiger partial charge is 0.134 e. The van der Waals surface area contributed by atoms with Crippen LogP contribution in [0.1, 0.15) is 0 Å². The van der Waals surface area contributed by atoms with E-state index in [1.54, 1.807) is 30.9 Å². The van der Waals surface area contributed by atoms with Crippen molar-refractivity contribution in [3.8, 4) is 17.0 Å². The van der Waals surface area contributed by atoms with Gasteiger partial charge in [-0.1, -0.05) is 0 Å². The van der Waals surface area contributed by atoms with Crippen LogP contribution in [-0.2, 0) is 0 Å². The van der Waals surface area contributed by atoms with Crippen molar-refractivity contribution in [1.29, 1.82) is 0 Å². The largest absolute Gasteiger partial charge is 0.506 e. The molecule has 0 atom stereocenters. The minimum absolute atomic E-state index is 0.128. The number of pyridine rings is 1. The second-order valence-corrected chi connectivity index (χ2v) is 2.52. The Labute approximate surface area is 74.9 Å². The van der Waals surface area contributed by atoms with Crippen LogP contribution in [0.2, 0.25) is 0 Å². The van der Waals surface area contributed by atoms with E-state index in [1.165, 1.54) is 6.20 Å². The quantitative estimate of drug-likeness (QED) is 0.704. The first-order chi connectivity index (χ1) is 6.36. The monoisotopic (exact) mass is 173 g/mol. The summed E-state index contributed by atoms with van der Waals surface area (Å²) in [7, 11) is 0. The molecule has 0 fully saturated rings. The highest BCUT2D eigenvalue weighted by atomic mass is 16.3. The summed E-state index contributed by atoms with van der Waals surface area (Å²) in [5.74, 6) is 0.128. The van der Waals surface area contributed by atoms with Crippen molar-refractivity contribution in [3.63, 3.8) is 0 Å². The molecule has 0 amide bonds. The van der Waals surface area contributed by atoms with Gasteiger partial charge in [-0.05, 0) is 6.07 Å². The number of hydrogen-bond donors (Lipinski definition) is 1. The molecule has 0 aliphatic rings. The fraction of sp³-hybridized carbons (Fsp3) is 0. The first-order valence-corrected chi connectivity index (χ1v) is 3.76. The Balaban J connectivity index is 2.48. The summed E-state index contributed by atoms with van der Waals surface area (Å²) in [5, 5.41) is 9.16. The highest BCUT2D eigenvalue weighted by Crippen LogP contribution is 2.18. The van der Waals surface area contributed by atoms with E-state index >= 15 is 0 Å². The lowest BCUT2D eigenvalue weighted by atomic mass is 10.2. The highest BCUT2D eigenvalue weighted by molar-refractivity contribution is 5.57. The van der Waals surface area contributed by atoms with E-state index in [0.717, 1.165) is 5.56 Å². The summed E-state index contributed by atoms with van der Waals surface area (Å²) < 4.78 is 0. The normalized spacial score (nSPS) is 9.85. The molecule has 4 heteroatoms. The number of rotatable bonds is 1. The predicted molar refractivity (Wildman–Crippen MR) is 46.9 cm³/mol. The van der Waals surface area contributed by atoms with E-state index in [4.69, 9.17) is 5.11 Å². The van der Waals surface area contributed by atoms with Crippen LogP contribution < -0.4 is 0 Å². The summed E-state index contributed by atoms with van der Waals surface area (Å²) in [5.41, 5.74) is 1.46. The van der Waals surface area contributed by atoms with Crippen LogP contribution >= 0.6 is 0 Å². The molecule has 2 aromatic heterocycles. The molecule has 0 saturated heterocycles. The molecule has 0 bridgehead atoms. The lowest BCUT2D eigenvalue weighted by Crippen LogP contribution is -1.84. The molecule has 4 nitrogen and oxygen atoms in total. The molecule has 2 aromatic rings. The van der Waals surface area contributed by atoms with Gasteiger partial charge in [-0.2, -0.15) is 0 Å². The highest BCUT2D eigenvalue weighted by Gasteiger charge is 1.99. The fourth-order valence-electron chi connectivity index (χ4n) is 1.02. The minimum atomic E-state index is 0.128. The SMILES string of the molecule is Oc1cncc(-c2cnccn2)c1. The van der Waals surface area contributed by atoms with E-state index < -0.39 is 0 Å². The zero-order chi connectivity index (χ0) is 9.10. The van der Waals surface area contributed by atoms with Gasteiger partial charge >= 0.3 is 0 Å². The standard InChI is InChI=1S/C9H7N3O/c13-8-3-7(4-11-5-8)9-6-10-1-2-12-9/h1-6,13H. The molecule has 64 valence electrons. The summed E-state index contributed by atoms with van der Waals surface area (Å²) >= 11 is 0. The number of aromatic nitrogens is 3. The van der Waals surface area contributed by atoms with E-state index in [9.17, 15) is 0 Å².